The minimum Gasteiger partial charge on any atom is -0.330 e. The molecule has 0 amide bonds. The van der Waals surface area contributed by atoms with Gasteiger partial charge in [-0.25, -0.2) is 4.98 Å². The number of thiazole rings is 1. The van der Waals surface area contributed by atoms with Crippen LogP contribution in [0.15, 0.2) is 0 Å². The van der Waals surface area contributed by atoms with Crippen molar-refractivity contribution in [2.75, 3.05) is 6.54 Å². The molecule has 2 aliphatic carbocycles. The molecule has 0 spiro atoms. The number of aryl methyl sites for hydroxylation is 1. The van der Waals surface area contributed by atoms with E-state index in [1.54, 1.807) is 0 Å². The van der Waals surface area contributed by atoms with E-state index in [0.29, 0.717) is 5.92 Å². The van der Waals surface area contributed by atoms with Crippen LogP contribution in [0.3, 0.4) is 0 Å². The van der Waals surface area contributed by atoms with Crippen LogP contribution in [-0.2, 0) is 6.42 Å². The lowest BCUT2D eigenvalue weighted by atomic mass is 10.1. The molecule has 0 radical (unpaired) electrons. The Labute approximate surface area is 94.9 Å². The second-order valence-electron chi connectivity index (χ2n) is 4.81. The Bertz CT molecular complexity index is 353. The molecule has 1 heterocycles. The van der Waals surface area contributed by atoms with Gasteiger partial charge in [-0.1, -0.05) is 12.8 Å². The molecule has 1 atom stereocenters. The fourth-order valence-corrected chi connectivity index (χ4v) is 4.23. The van der Waals surface area contributed by atoms with E-state index in [0.717, 1.165) is 12.5 Å². The summed E-state index contributed by atoms with van der Waals surface area (Å²) in [5.74, 6) is 1.34. The number of rotatable bonds is 2. The van der Waals surface area contributed by atoms with Crippen LogP contribution in [0.25, 0.3) is 0 Å². The van der Waals surface area contributed by atoms with Crippen molar-refractivity contribution in [1.82, 2.24) is 4.98 Å². The van der Waals surface area contributed by atoms with E-state index in [1.807, 2.05) is 11.3 Å². The van der Waals surface area contributed by atoms with Gasteiger partial charge < -0.3 is 5.73 Å². The Hall–Kier alpha value is -0.410. The summed E-state index contributed by atoms with van der Waals surface area (Å²) in [7, 11) is 0. The molecule has 15 heavy (non-hydrogen) atoms. The maximum Gasteiger partial charge on any atom is 0.0962 e. The van der Waals surface area contributed by atoms with Gasteiger partial charge in [0.2, 0.25) is 0 Å². The highest BCUT2D eigenvalue weighted by molar-refractivity contribution is 7.11. The molecule has 0 saturated heterocycles. The number of hydrogen-bond donors (Lipinski definition) is 1. The Morgan fingerprint density at radius 3 is 2.80 bits per heavy atom. The van der Waals surface area contributed by atoms with Crippen molar-refractivity contribution in [1.29, 1.82) is 0 Å². The first-order chi connectivity index (χ1) is 7.38. The molecular formula is C12H18N2S. The second kappa shape index (κ2) is 3.87. The average Bonchev–Trinajstić information content (AvgIpc) is 2.93. The third-order valence-corrected chi connectivity index (χ3v) is 5.13. The molecule has 0 aromatic carbocycles. The normalized spacial score (nSPS) is 26.1. The van der Waals surface area contributed by atoms with Crippen molar-refractivity contribution in [3.05, 3.63) is 15.6 Å². The molecule has 82 valence electrons. The summed E-state index contributed by atoms with van der Waals surface area (Å²) in [6, 6.07) is 0. The smallest absolute Gasteiger partial charge is 0.0962 e. The molecule has 2 nitrogen and oxygen atoms in total. The monoisotopic (exact) mass is 222 g/mol. The van der Waals surface area contributed by atoms with Crippen LogP contribution in [0.2, 0.25) is 0 Å². The topological polar surface area (TPSA) is 38.9 Å². The zero-order valence-electron chi connectivity index (χ0n) is 9.04. The van der Waals surface area contributed by atoms with Crippen LogP contribution in [0.4, 0.5) is 0 Å². The first-order valence-electron chi connectivity index (χ1n) is 6.08. The average molecular weight is 222 g/mol. The zero-order chi connectivity index (χ0) is 10.3. The van der Waals surface area contributed by atoms with Crippen LogP contribution < -0.4 is 5.73 Å². The fourth-order valence-electron chi connectivity index (χ4n) is 2.90. The summed E-state index contributed by atoms with van der Waals surface area (Å²) in [6.45, 7) is 0.779. The molecule has 1 aromatic rings. The van der Waals surface area contributed by atoms with Gasteiger partial charge in [0.15, 0.2) is 0 Å². The summed E-state index contributed by atoms with van der Waals surface area (Å²) < 4.78 is 0. The van der Waals surface area contributed by atoms with Gasteiger partial charge in [-0.2, -0.15) is 0 Å². The fraction of sp³-hybridized carbons (Fsp3) is 0.750. The van der Waals surface area contributed by atoms with Gasteiger partial charge in [0.1, 0.15) is 0 Å². The molecule has 3 rings (SSSR count). The molecule has 0 aliphatic heterocycles. The van der Waals surface area contributed by atoms with Crippen LogP contribution >= 0.6 is 11.3 Å². The standard InChI is InChI=1S/C12H18N2S/c13-7-9-5-6-10-11(9)14-12(15-10)8-3-1-2-4-8/h8-9H,1-7,13H2. The van der Waals surface area contributed by atoms with E-state index < -0.39 is 0 Å². The molecule has 1 saturated carbocycles. The van der Waals surface area contributed by atoms with E-state index in [1.165, 1.54) is 54.1 Å². The van der Waals surface area contributed by atoms with Crippen molar-refractivity contribution in [3.63, 3.8) is 0 Å². The Kier molecular flexibility index (Phi) is 2.53. The van der Waals surface area contributed by atoms with Gasteiger partial charge in [-0.3, -0.25) is 0 Å². The first-order valence-corrected chi connectivity index (χ1v) is 6.89. The third kappa shape index (κ3) is 1.62. The second-order valence-corrected chi connectivity index (χ2v) is 5.93. The van der Waals surface area contributed by atoms with E-state index in [-0.39, 0.29) is 0 Å². The van der Waals surface area contributed by atoms with Gasteiger partial charge in [0.05, 0.1) is 10.7 Å². The van der Waals surface area contributed by atoms with Crippen LogP contribution in [-0.4, -0.2) is 11.5 Å². The van der Waals surface area contributed by atoms with Crippen molar-refractivity contribution < 1.29 is 0 Å². The number of nitrogens with zero attached hydrogens (tertiary/aromatic N) is 1. The van der Waals surface area contributed by atoms with Crippen LogP contribution in [0.5, 0.6) is 0 Å². The maximum absolute atomic E-state index is 5.78. The summed E-state index contributed by atoms with van der Waals surface area (Å²) in [4.78, 5) is 6.40. The Morgan fingerprint density at radius 1 is 1.27 bits per heavy atom. The lowest BCUT2D eigenvalue weighted by molar-refractivity contribution is 0.658. The zero-order valence-corrected chi connectivity index (χ0v) is 9.85. The highest BCUT2D eigenvalue weighted by Crippen LogP contribution is 2.42. The number of fused-ring (bicyclic) bond motifs is 1. The number of nitrogens with two attached hydrogens (primary N) is 1. The van der Waals surface area contributed by atoms with Gasteiger partial charge in [-0.05, 0) is 25.7 Å². The molecule has 3 heteroatoms. The van der Waals surface area contributed by atoms with Gasteiger partial charge >= 0.3 is 0 Å². The molecule has 1 unspecified atom stereocenters. The third-order valence-electron chi connectivity index (χ3n) is 3.84. The lowest BCUT2D eigenvalue weighted by Crippen LogP contribution is -2.10. The Balaban J connectivity index is 1.87. The van der Waals surface area contributed by atoms with Crippen LogP contribution in [0.1, 0.15) is 59.5 Å². The highest BCUT2D eigenvalue weighted by atomic mass is 32.1. The predicted octanol–water partition coefficient (Wildman–Crippen LogP) is 2.79. The van der Waals surface area contributed by atoms with Gasteiger partial charge in [-0.15, -0.1) is 11.3 Å². The Morgan fingerprint density at radius 2 is 2.07 bits per heavy atom. The van der Waals surface area contributed by atoms with Crippen molar-refractivity contribution >= 4 is 11.3 Å². The van der Waals surface area contributed by atoms with E-state index >= 15 is 0 Å². The molecule has 1 fully saturated rings. The molecular weight excluding hydrogens is 204 g/mol. The molecule has 0 bridgehead atoms. The minimum atomic E-state index is 0.561. The van der Waals surface area contributed by atoms with E-state index in [9.17, 15) is 0 Å². The van der Waals surface area contributed by atoms with Gasteiger partial charge in [0, 0.05) is 23.3 Å². The minimum absolute atomic E-state index is 0.561. The SMILES string of the molecule is NCC1CCc2sc(C3CCCC3)nc21. The predicted molar refractivity (Wildman–Crippen MR) is 63.4 cm³/mol. The summed E-state index contributed by atoms with van der Waals surface area (Å²) in [5.41, 5.74) is 7.13. The van der Waals surface area contributed by atoms with Crippen molar-refractivity contribution in [2.45, 2.75) is 50.4 Å². The summed E-state index contributed by atoms with van der Waals surface area (Å²) in [5, 5.41) is 1.41. The van der Waals surface area contributed by atoms with Crippen molar-refractivity contribution in [3.8, 4) is 0 Å². The van der Waals surface area contributed by atoms with Crippen LogP contribution in [0, 0.1) is 0 Å². The first kappa shape index (κ1) is 9.79. The molecule has 1 aromatic heterocycles. The van der Waals surface area contributed by atoms with Gasteiger partial charge in [0.25, 0.3) is 0 Å². The number of aromatic nitrogens is 1. The number of hydrogen-bond acceptors (Lipinski definition) is 3. The quantitative estimate of drug-likeness (QED) is 0.835. The van der Waals surface area contributed by atoms with Crippen molar-refractivity contribution in [2.24, 2.45) is 5.73 Å². The summed E-state index contributed by atoms with van der Waals surface area (Å²) in [6.07, 6.45) is 7.97. The summed E-state index contributed by atoms with van der Waals surface area (Å²) >= 11 is 1.97. The largest absolute Gasteiger partial charge is 0.330 e. The molecule has 2 N–H and O–H groups in total. The molecule has 2 aliphatic rings. The highest BCUT2D eigenvalue weighted by Gasteiger charge is 2.29. The maximum atomic E-state index is 5.78. The van der Waals surface area contributed by atoms with E-state index in [2.05, 4.69) is 0 Å². The lowest BCUT2D eigenvalue weighted by Gasteiger charge is -2.06. The van der Waals surface area contributed by atoms with E-state index in [4.69, 9.17) is 10.7 Å².